The first-order valence-corrected chi connectivity index (χ1v) is 8.79. The van der Waals surface area contributed by atoms with E-state index in [0.717, 1.165) is 37.2 Å². The Bertz CT molecular complexity index is 453. The van der Waals surface area contributed by atoms with E-state index in [4.69, 9.17) is 4.74 Å². The van der Waals surface area contributed by atoms with E-state index in [0.29, 0.717) is 0 Å². The molecule has 0 spiro atoms. The molecule has 2 nitrogen and oxygen atoms in total. The van der Waals surface area contributed by atoms with E-state index in [-0.39, 0.29) is 18.0 Å². The summed E-state index contributed by atoms with van der Waals surface area (Å²) in [6.07, 6.45) is 7.56. The summed E-state index contributed by atoms with van der Waals surface area (Å²) in [6.45, 7) is 7.84. The molecule has 1 aliphatic heterocycles. The molecule has 1 aromatic rings. The minimum atomic E-state index is -0.0904. The first-order chi connectivity index (χ1) is 10.6. The molecule has 124 valence electrons. The van der Waals surface area contributed by atoms with Crippen molar-refractivity contribution in [3.63, 3.8) is 0 Å². The third-order valence-corrected chi connectivity index (χ3v) is 4.34. The fourth-order valence-corrected chi connectivity index (χ4v) is 3.27. The summed E-state index contributed by atoms with van der Waals surface area (Å²) in [7, 11) is 0. The van der Waals surface area contributed by atoms with Crippen molar-refractivity contribution in [2.24, 2.45) is 0 Å². The molecule has 1 saturated heterocycles. The molecule has 0 bridgehead atoms. The van der Waals surface area contributed by atoms with Crippen LogP contribution in [-0.2, 0) is 11.2 Å². The first kappa shape index (κ1) is 17.3. The van der Waals surface area contributed by atoms with Gasteiger partial charge in [0.15, 0.2) is 0 Å². The number of ether oxygens (including phenoxy) is 1. The molecular weight excluding hydrogens is 277 g/mol. The highest BCUT2D eigenvalue weighted by molar-refractivity contribution is 5.49. The van der Waals surface area contributed by atoms with Crippen LogP contribution in [0.2, 0.25) is 0 Å². The standard InChI is InChI=1S/C19H30FNO/c1-4-5-6-7-8-9-17-10-11-19(18(20)12-17)21-13-15(2)22-16(3)14-21/h10-12,15-16H,4-9,13-14H2,1-3H3/t15-,16+. The molecule has 0 amide bonds. The third-order valence-electron chi connectivity index (χ3n) is 4.34. The van der Waals surface area contributed by atoms with Crippen LogP contribution in [0.1, 0.15) is 58.4 Å². The average Bonchev–Trinajstić information content (AvgIpc) is 2.46. The zero-order chi connectivity index (χ0) is 15.9. The van der Waals surface area contributed by atoms with Crippen molar-refractivity contribution < 1.29 is 9.13 Å². The topological polar surface area (TPSA) is 12.5 Å². The maximum absolute atomic E-state index is 14.4. The SMILES string of the molecule is CCCCCCCc1ccc(N2C[C@@H](C)O[C@@H](C)C2)c(F)c1. The molecule has 22 heavy (non-hydrogen) atoms. The van der Waals surface area contributed by atoms with Gasteiger partial charge >= 0.3 is 0 Å². The molecule has 1 heterocycles. The summed E-state index contributed by atoms with van der Waals surface area (Å²) < 4.78 is 20.2. The van der Waals surface area contributed by atoms with Crippen LogP contribution in [-0.4, -0.2) is 25.3 Å². The predicted molar refractivity (Wildman–Crippen MR) is 91.1 cm³/mol. The minimum absolute atomic E-state index is 0.0904. The van der Waals surface area contributed by atoms with Crippen LogP contribution in [0.4, 0.5) is 10.1 Å². The number of hydrogen-bond acceptors (Lipinski definition) is 2. The summed E-state index contributed by atoms with van der Waals surface area (Å²) >= 11 is 0. The lowest BCUT2D eigenvalue weighted by atomic mass is 10.0. The predicted octanol–water partition coefficient (Wildman–Crippen LogP) is 4.95. The number of unbranched alkanes of at least 4 members (excludes halogenated alkanes) is 4. The van der Waals surface area contributed by atoms with Crippen molar-refractivity contribution in [3.8, 4) is 0 Å². The van der Waals surface area contributed by atoms with Crippen molar-refractivity contribution in [1.29, 1.82) is 0 Å². The Morgan fingerprint density at radius 1 is 1.09 bits per heavy atom. The quantitative estimate of drug-likeness (QED) is 0.661. The number of aryl methyl sites for hydroxylation is 1. The number of benzene rings is 1. The molecule has 2 rings (SSSR count). The Balaban J connectivity index is 1.91. The second-order valence-corrected chi connectivity index (χ2v) is 6.61. The van der Waals surface area contributed by atoms with Crippen LogP contribution in [0.25, 0.3) is 0 Å². The highest BCUT2D eigenvalue weighted by Gasteiger charge is 2.24. The van der Waals surface area contributed by atoms with Gasteiger partial charge in [0.05, 0.1) is 17.9 Å². The van der Waals surface area contributed by atoms with E-state index in [9.17, 15) is 4.39 Å². The molecule has 0 saturated carbocycles. The van der Waals surface area contributed by atoms with Gasteiger partial charge < -0.3 is 9.64 Å². The van der Waals surface area contributed by atoms with Gasteiger partial charge in [-0.15, -0.1) is 0 Å². The highest BCUT2D eigenvalue weighted by Crippen LogP contribution is 2.25. The fraction of sp³-hybridized carbons (Fsp3) is 0.684. The Labute approximate surface area is 134 Å². The van der Waals surface area contributed by atoms with Gasteiger partial charge in [-0.3, -0.25) is 0 Å². The van der Waals surface area contributed by atoms with E-state index in [1.165, 1.54) is 25.7 Å². The monoisotopic (exact) mass is 307 g/mol. The average molecular weight is 307 g/mol. The van der Waals surface area contributed by atoms with Crippen molar-refractivity contribution >= 4 is 5.69 Å². The molecule has 0 N–H and O–H groups in total. The molecule has 1 fully saturated rings. The van der Waals surface area contributed by atoms with Crippen LogP contribution in [0.15, 0.2) is 18.2 Å². The lowest BCUT2D eigenvalue weighted by molar-refractivity contribution is -0.00539. The second kappa shape index (κ2) is 8.52. The van der Waals surface area contributed by atoms with Gasteiger partial charge in [-0.2, -0.15) is 0 Å². The summed E-state index contributed by atoms with van der Waals surface area (Å²) in [5.41, 5.74) is 1.84. The van der Waals surface area contributed by atoms with Gasteiger partial charge in [0.25, 0.3) is 0 Å². The summed E-state index contributed by atoms with van der Waals surface area (Å²) in [5.74, 6) is -0.0904. The summed E-state index contributed by atoms with van der Waals surface area (Å²) in [6, 6.07) is 5.75. The van der Waals surface area contributed by atoms with Gasteiger partial charge in [-0.25, -0.2) is 4.39 Å². The summed E-state index contributed by atoms with van der Waals surface area (Å²) in [5, 5.41) is 0. The van der Waals surface area contributed by atoms with E-state index >= 15 is 0 Å². The van der Waals surface area contributed by atoms with Crippen LogP contribution in [0, 0.1) is 5.82 Å². The van der Waals surface area contributed by atoms with Crippen molar-refractivity contribution in [3.05, 3.63) is 29.6 Å². The maximum Gasteiger partial charge on any atom is 0.146 e. The number of morpholine rings is 1. The van der Waals surface area contributed by atoms with Gasteiger partial charge in [-0.1, -0.05) is 38.7 Å². The molecular formula is C19H30FNO. The first-order valence-electron chi connectivity index (χ1n) is 8.79. The number of hydrogen-bond donors (Lipinski definition) is 0. The van der Waals surface area contributed by atoms with Crippen LogP contribution >= 0.6 is 0 Å². The lowest BCUT2D eigenvalue weighted by Crippen LogP contribution is -2.45. The minimum Gasteiger partial charge on any atom is -0.372 e. The van der Waals surface area contributed by atoms with Crippen LogP contribution in [0.5, 0.6) is 0 Å². The van der Waals surface area contributed by atoms with Gasteiger partial charge in [-0.05, 0) is 44.4 Å². The molecule has 0 unspecified atom stereocenters. The lowest BCUT2D eigenvalue weighted by Gasteiger charge is -2.37. The molecule has 0 aromatic heterocycles. The van der Waals surface area contributed by atoms with E-state index in [1.54, 1.807) is 6.07 Å². The fourth-order valence-electron chi connectivity index (χ4n) is 3.27. The zero-order valence-electron chi connectivity index (χ0n) is 14.3. The van der Waals surface area contributed by atoms with Crippen LogP contribution in [0.3, 0.4) is 0 Å². The molecule has 0 radical (unpaired) electrons. The second-order valence-electron chi connectivity index (χ2n) is 6.61. The maximum atomic E-state index is 14.4. The molecule has 2 atom stereocenters. The number of rotatable bonds is 7. The van der Waals surface area contributed by atoms with Gasteiger partial charge in [0.1, 0.15) is 5.82 Å². The molecule has 3 heteroatoms. The summed E-state index contributed by atoms with van der Waals surface area (Å²) in [4.78, 5) is 2.11. The highest BCUT2D eigenvalue weighted by atomic mass is 19.1. The van der Waals surface area contributed by atoms with E-state index in [1.807, 2.05) is 19.9 Å². The number of halogens is 1. The normalized spacial score (nSPS) is 22.1. The van der Waals surface area contributed by atoms with Crippen molar-refractivity contribution in [2.45, 2.75) is 71.5 Å². The van der Waals surface area contributed by atoms with Crippen molar-refractivity contribution in [2.75, 3.05) is 18.0 Å². The van der Waals surface area contributed by atoms with E-state index < -0.39 is 0 Å². The Hall–Kier alpha value is -1.09. The Morgan fingerprint density at radius 2 is 1.77 bits per heavy atom. The molecule has 0 aliphatic carbocycles. The van der Waals surface area contributed by atoms with Gasteiger partial charge in [0.2, 0.25) is 0 Å². The van der Waals surface area contributed by atoms with Crippen LogP contribution < -0.4 is 4.90 Å². The Kier molecular flexibility index (Phi) is 6.69. The number of nitrogens with zero attached hydrogens (tertiary/aromatic N) is 1. The number of anilines is 1. The van der Waals surface area contributed by atoms with Gasteiger partial charge in [0, 0.05) is 13.1 Å². The Morgan fingerprint density at radius 3 is 2.41 bits per heavy atom. The third kappa shape index (κ3) is 4.98. The molecule has 1 aliphatic rings. The smallest absolute Gasteiger partial charge is 0.146 e. The largest absolute Gasteiger partial charge is 0.372 e. The van der Waals surface area contributed by atoms with E-state index in [2.05, 4.69) is 17.9 Å². The zero-order valence-corrected chi connectivity index (χ0v) is 14.3. The molecule has 1 aromatic carbocycles. The van der Waals surface area contributed by atoms with Crippen molar-refractivity contribution in [1.82, 2.24) is 0 Å².